The van der Waals surface area contributed by atoms with Crippen molar-refractivity contribution in [1.29, 1.82) is 0 Å². The predicted octanol–water partition coefficient (Wildman–Crippen LogP) is 1.68. The van der Waals surface area contributed by atoms with Gasteiger partial charge in [0.05, 0.1) is 0 Å². The van der Waals surface area contributed by atoms with E-state index in [4.69, 9.17) is 0 Å². The van der Waals surface area contributed by atoms with Gasteiger partial charge in [-0.3, -0.25) is 0 Å². The van der Waals surface area contributed by atoms with Crippen LogP contribution in [0.15, 0.2) is 23.1 Å². The van der Waals surface area contributed by atoms with Crippen LogP contribution >= 0.6 is 0 Å². The van der Waals surface area contributed by atoms with Crippen molar-refractivity contribution < 1.29 is 17.2 Å². The third-order valence-electron chi connectivity index (χ3n) is 4.47. The van der Waals surface area contributed by atoms with E-state index in [1.807, 2.05) is 7.05 Å². The maximum Gasteiger partial charge on any atom is 0.248 e. The lowest BCUT2D eigenvalue weighted by Crippen LogP contribution is -2.42. The van der Waals surface area contributed by atoms with Crippen molar-refractivity contribution in [1.82, 2.24) is 9.21 Å². The van der Waals surface area contributed by atoms with Crippen molar-refractivity contribution in [2.45, 2.75) is 23.8 Å². The van der Waals surface area contributed by atoms with Gasteiger partial charge in [-0.25, -0.2) is 17.2 Å². The molecule has 0 aromatic heterocycles. The minimum absolute atomic E-state index is 0.119. The number of likely N-dealkylation sites (N-methyl/N-ethyl adjacent to an activating group) is 1. The monoisotopic (exact) mass is 316 g/mol. The largest absolute Gasteiger partial charge is 0.302 e. The van der Waals surface area contributed by atoms with Crippen LogP contribution in [0.25, 0.3) is 0 Å². The molecule has 2 bridgehead atoms. The average molecular weight is 316 g/mol. The third kappa shape index (κ3) is 2.58. The lowest BCUT2D eigenvalue weighted by molar-refractivity contribution is 0.168. The minimum Gasteiger partial charge on any atom is -0.302 e. The smallest absolute Gasteiger partial charge is 0.248 e. The summed E-state index contributed by atoms with van der Waals surface area (Å²) in [6.45, 7) is 1.45. The van der Waals surface area contributed by atoms with E-state index in [1.54, 1.807) is 0 Å². The van der Waals surface area contributed by atoms with E-state index in [2.05, 4.69) is 4.90 Å². The molecule has 116 valence electrons. The Bertz CT molecular complexity index is 630. The molecule has 0 radical (unpaired) electrons. The second-order valence-electron chi connectivity index (χ2n) is 5.91. The molecule has 4 rings (SSSR count). The Kier molecular flexibility index (Phi) is 3.75. The molecule has 2 atom stereocenters. The van der Waals surface area contributed by atoms with Crippen molar-refractivity contribution in [2.75, 3.05) is 26.7 Å². The van der Waals surface area contributed by atoms with Crippen LogP contribution in [0.5, 0.6) is 0 Å². The predicted molar refractivity (Wildman–Crippen MR) is 74.3 cm³/mol. The van der Waals surface area contributed by atoms with Crippen molar-refractivity contribution in [2.24, 2.45) is 5.92 Å². The Morgan fingerprint density at radius 2 is 1.76 bits per heavy atom. The van der Waals surface area contributed by atoms with Crippen LogP contribution in [0.4, 0.5) is 8.78 Å². The number of fused-ring (bicyclic) bond motifs is 4. The molecule has 0 N–H and O–H groups in total. The fourth-order valence-corrected chi connectivity index (χ4v) is 4.99. The van der Waals surface area contributed by atoms with Crippen molar-refractivity contribution in [3.8, 4) is 0 Å². The molecule has 21 heavy (non-hydrogen) atoms. The van der Waals surface area contributed by atoms with Crippen LogP contribution in [0.1, 0.15) is 12.8 Å². The zero-order chi connectivity index (χ0) is 15.2. The molecule has 0 spiro atoms. The van der Waals surface area contributed by atoms with Crippen molar-refractivity contribution >= 4 is 10.0 Å². The summed E-state index contributed by atoms with van der Waals surface area (Å²) in [7, 11) is -2.17. The Balaban J connectivity index is 1.99. The van der Waals surface area contributed by atoms with Gasteiger partial charge in [0.15, 0.2) is 4.90 Å². The molecule has 3 aliphatic heterocycles. The van der Waals surface area contributed by atoms with E-state index in [9.17, 15) is 17.2 Å². The fraction of sp³-hybridized carbons (Fsp3) is 0.571. The van der Waals surface area contributed by atoms with Gasteiger partial charge in [-0.2, -0.15) is 4.31 Å². The number of piperidine rings is 1. The molecule has 0 saturated carbocycles. The van der Waals surface area contributed by atoms with E-state index in [-0.39, 0.29) is 12.0 Å². The molecule has 1 aromatic carbocycles. The summed E-state index contributed by atoms with van der Waals surface area (Å²) in [5.41, 5.74) is 0. The lowest BCUT2D eigenvalue weighted by atomic mass is 9.96. The number of halogens is 2. The standard InChI is InChI=1S/C14H18F2N2O2S/c1-17-7-10-5-6-11(17)9-18(8-10)21(19,20)14-12(15)3-2-4-13(14)16/h2-4,10-11H,5-9H2,1H3/t10-,11-/m1/s1. The summed E-state index contributed by atoms with van der Waals surface area (Å²) in [5, 5.41) is 0. The fourth-order valence-electron chi connectivity index (χ4n) is 3.33. The highest BCUT2D eigenvalue weighted by Crippen LogP contribution is 2.31. The number of sulfonamides is 1. The number of hydrogen-bond donors (Lipinski definition) is 0. The van der Waals surface area contributed by atoms with E-state index in [1.165, 1.54) is 10.4 Å². The van der Waals surface area contributed by atoms with Crippen molar-refractivity contribution in [3.05, 3.63) is 29.8 Å². The summed E-state index contributed by atoms with van der Waals surface area (Å²) in [6, 6.07) is 3.25. The molecule has 0 aliphatic carbocycles. The second kappa shape index (κ2) is 5.30. The number of nitrogens with zero attached hydrogens (tertiary/aromatic N) is 2. The first kappa shape index (κ1) is 14.9. The van der Waals surface area contributed by atoms with Gasteiger partial charge in [-0.05, 0) is 37.9 Å². The van der Waals surface area contributed by atoms with Gasteiger partial charge in [0.1, 0.15) is 11.6 Å². The first-order chi connectivity index (χ1) is 9.89. The molecule has 0 unspecified atom stereocenters. The summed E-state index contributed by atoms with van der Waals surface area (Å²) >= 11 is 0. The topological polar surface area (TPSA) is 40.6 Å². The van der Waals surface area contributed by atoms with Gasteiger partial charge in [0.25, 0.3) is 0 Å². The summed E-state index contributed by atoms with van der Waals surface area (Å²) in [5.74, 6) is -1.83. The Hall–Kier alpha value is -1.05. The zero-order valence-electron chi connectivity index (χ0n) is 11.8. The van der Waals surface area contributed by atoms with Crippen LogP contribution in [0.2, 0.25) is 0 Å². The van der Waals surface area contributed by atoms with Gasteiger partial charge >= 0.3 is 0 Å². The molecule has 4 nitrogen and oxygen atoms in total. The maximum atomic E-state index is 13.8. The van der Waals surface area contributed by atoms with Crippen LogP contribution in [0.3, 0.4) is 0 Å². The third-order valence-corrected chi connectivity index (χ3v) is 6.35. The first-order valence-electron chi connectivity index (χ1n) is 7.04. The van der Waals surface area contributed by atoms with Gasteiger partial charge in [-0.1, -0.05) is 6.07 Å². The normalized spacial score (nSPS) is 27.8. The highest BCUT2D eigenvalue weighted by molar-refractivity contribution is 7.89. The highest BCUT2D eigenvalue weighted by Gasteiger charge is 2.39. The van der Waals surface area contributed by atoms with E-state index in [0.717, 1.165) is 31.5 Å². The molecular weight excluding hydrogens is 298 g/mol. The summed E-state index contributed by atoms with van der Waals surface area (Å²) in [6.07, 6.45) is 1.88. The van der Waals surface area contributed by atoms with E-state index < -0.39 is 26.6 Å². The van der Waals surface area contributed by atoms with Gasteiger partial charge in [-0.15, -0.1) is 0 Å². The molecule has 3 saturated heterocycles. The van der Waals surface area contributed by atoms with Crippen molar-refractivity contribution in [3.63, 3.8) is 0 Å². The molecule has 7 heteroatoms. The quantitative estimate of drug-likeness (QED) is 0.833. The number of rotatable bonds is 2. The van der Waals surface area contributed by atoms with E-state index >= 15 is 0 Å². The Morgan fingerprint density at radius 3 is 2.38 bits per heavy atom. The molecule has 3 heterocycles. The second-order valence-corrected chi connectivity index (χ2v) is 7.78. The molecule has 0 amide bonds. The highest BCUT2D eigenvalue weighted by atomic mass is 32.2. The van der Waals surface area contributed by atoms with Gasteiger partial charge < -0.3 is 4.90 Å². The summed E-state index contributed by atoms with van der Waals surface area (Å²) < 4.78 is 54.2. The molecule has 3 aliphatic rings. The molecule has 1 aromatic rings. The summed E-state index contributed by atoms with van der Waals surface area (Å²) in [4.78, 5) is 1.32. The lowest BCUT2D eigenvalue weighted by Gasteiger charge is -2.32. The Labute approximate surface area is 123 Å². The molecule has 3 fully saturated rings. The number of hydrogen-bond acceptors (Lipinski definition) is 3. The first-order valence-corrected chi connectivity index (χ1v) is 8.48. The zero-order valence-corrected chi connectivity index (χ0v) is 12.6. The van der Waals surface area contributed by atoms with Crippen LogP contribution in [-0.4, -0.2) is 50.3 Å². The van der Waals surface area contributed by atoms with Crippen LogP contribution < -0.4 is 0 Å². The minimum atomic E-state index is -4.14. The van der Waals surface area contributed by atoms with E-state index in [0.29, 0.717) is 13.1 Å². The number of benzene rings is 1. The van der Waals surface area contributed by atoms with Gasteiger partial charge in [0, 0.05) is 25.7 Å². The van der Waals surface area contributed by atoms with Crippen LogP contribution in [-0.2, 0) is 10.0 Å². The molecular formula is C14H18F2N2O2S. The van der Waals surface area contributed by atoms with Gasteiger partial charge in [0.2, 0.25) is 10.0 Å². The maximum absolute atomic E-state index is 13.8. The average Bonchev–Trinajstić information content (AvgIpc) is 2.69. The Morgan fingerprint density at radius 1 is 1.10 bits per heavy atom. The SMILES string of the molecule is CN1C[C@H]2CC[C@@H]1CN(S(=O)(=O)c1c(F)cccc1F)C2. The van der Waals surface area contributed by atoms with Crippen LogP contribution in [0, 0.1) is 17.6 Å².